The highest BCUT2D eigenvalue weighted by molar-refractivity contribution is 5.80. The molecule has 1 fully saturated rings. The fraction of sp³-hybridized carbons (Fsp3) is 0.235. The Morgan fingerprint density at radius 1 is 1.00 bits per heavy atom. The van der Waals surface area contributed by atoms with Crippen LogP contribution in [0, 0.1) is 0 Å². The number of hydrogen-bond donors (Lipinski definition) is 1. The Hall–Kier alpha value is -2.13. The number of amides is 1. The van der Waals surface area contributed by atoms with E-state index >= 15 is 0 Å². The number of nitrogens with zero attached hydrogens (tertiary/aromatic N) is 1. The monoisotopic (exact) mass is 266 g/mol. The van der Waals surface area contributed by atoms with E-state index in [1.54, 1.807) is 0 Å². The first kappa shape index (κ1) is 12.9. The van der Waals surface area contributed by atoms with Gasteiger partial charge in [-0.2, -0.15) is 0 Å². The molecule has 0 aromatic heterocycles. The van der Waals surface area contributed by atoms with E-state index in [1.165, 1.54) is 11.1 Å². The molecule has 1 saturated heterocycles. The summed E-state index contributed by atoms with van der Waals surface area (Å²) < 4.78 is 0. The van der Waals surface area contributed by atoms with Gasteiger partial charge in [-0.05, 0) is 11.1 Å². The molecule has 1 N–H and O–H groups in total. The summed E-state index contributed by atoms with van der Waals surface area (Å²) in [4.78, 5) is 13.6. The maximum atomic E-state index is 11.8. The molecule has 0 spiro atoms. The van der Waals surface area contributed by atoms with Crippen molar-refractivity contribution in [3.63, 3.8) is 0 Å². The van der Waals surface area contributed by atoms with Gasteiger partial charge < -0.3 is 4.90 Å². The molecule has 1 aliphatic rings. The van der Waals surface area contributed by atoms with E-state index in [9.17, 15) is 4.79 Å². The molecule has 20 heavy (non-hydrogen) atoms. The Labute approximate surface area is 119 Å². The van der Waals surface area contributed by atoms with E-state index in [4.69, 9.17) is 0 Å². The standard InChI is InChI=1S/C17H18N2O/c1-19-15(20)12-18-17(19)16(13-8-4-2-5-9-13)14-10-6-3-7-11-14/h2-11,16-18H,12H2,1H3/t17-/m1/s1. The van der Waals surface area contributed by atoms with Crippen LogP contribution in [0.5, 0.6) is 0 Å². The molecule has 0 unspecified atom stereocenters. The van der Waals surface area contributed by atoms with Crippen LogP contribution in [-0.4, -0.2) is 30.6 Å². The summed E-state index contributed by atoms with van der Waals surface area (Å²) in [6, 6.07) is 20.7. The van der Waals surface area contributed by atoms with Crippen molar-refractivity contribution in [1.29, 1.82) is 0 Å². The van der Waals surface area contributed by atoms with E-state index in [0.717, 1.165) is 0 Å². The van der Waals surface area contributed by atoms with Crippen LogP contribution >= 0.6 is 0 Å². The zero-order valence-corrected chi connectivity index (χ0v) is 11.5. The largest absolute Gasteiger partial charge is 0.328 e. The van der Waals surface area contributed by atoms with Crippen molar-refractivity contribution < 1.29 is 4.79 Å². The minimum atomic E-state index is 0.00676. The summed E-state index contributed by atoms with van der Waals surface area (Å²) in [5.41, 5.74) is 2.44. The molecule has 2 aromatic carbocycles. The molecular weight excluding hydrogens is 248 g/mol. The molecule has 1 aliphatic heterocycles. The van der Waals surface area contributed by atoms with Crippen LogP contribution in [0.15, 0.2) is 60.7 Å². The molecule has 3 nitrogen and oxygen atoms in total. The van der Waals surface area contributed by atoms with Gasteiger partial charge in [0.2, 0.25) is 5.91 Å². The first-order valence-electron chi connectivity index (χ1n) is 6.86. The van der Waals surface area contributed by atoms with Gasteiger partial charge in [0.1, 0.15) is 0 Å². The van der Waals surface area contributed by atoms with Crippen molar-refractivity contribution >= 4 is 5.91 Å². The molecule has 3 heteroatoms. The van der Waals surface area contributed by atoms with Crippen LogP contribution < -0.4 is 5.32 Å². The van der Waals surface area contributed by atoms with E-state index in [1.807, 2.05) is 48.3 Å². The second-order valence-corrected chi connectivity index (χ2v) is 5.13. The quantitative estimate of drug-likeness (QED) is 0.923. The van der Waals surface area contributed by atoms with Crippen LogP contribution in [0.2, 0.25) is 0 Å². The van der Waals surface area contributed by atoms with Crippen molar-refractivity contribution in [2.75, 3.05) is 13.6 Å². The van der Waals surface area contributed by atoms with E-state index in [-0.39, 0.29) is 18.0 Å². The van der Waals surface area contributed by atoms with E-state index in [2.05, 4.69) is 29.6 Å². The van der Waals surface area contributed by atoms with Gasteiger partial charge in [0.15, 0.2) is 0 Å². The Balaban J connectivity index is 2.03. The number of likely N-dealkylation sites (N-methyl/N-ethyl adjacent to an activating group) is 1. The minimum Gasteiger partial charge on any atom is -0.328 e. The molecule has 0 saturated carbocycles. The highest BCUT2D eigenvalue weighted by Gasteiger charge is 2.35. The first-order valence-corrected chi connectivity index (χ1v) is 6.86. The molecule has 0 aliphatic carbocycles. The molecule has 102 valence electrons. The summed E-state index contributed by atoms with van der Waals surface area (Å²) in [5, 5.41) is 3.33. The highest BCUT2D eigenvalue weighted by atomic mass is 16.2. The molecule has 0 bridgehead atoms. The molecule has 1 atom stereocenters. The fourth-order valence-corrected chi connectivity index (χ4v) is 2.83. The summed E-state index contributed by atoms with van der Waals surface area (Å²) in [7, 11) is 1.87. The second kappa shape index (κ2) is 5.47. The number of benzene rings is 2. The molecule has 1 heterocycles. The number of nitrogens with one attached hydrogen (secondary N) is 1. The van der Waals surface area contributed by atoms with Gasteiger partial charge in [-0.15, -0.1) is 0 Å². The summed E-state index contributed by atoms with van der Waals surface area (Å²) >= 11 is 0. The van der Waals surface area contributed by atoms with Gasteiger partial charge in [-0.3, -0.25) is 10.1 Å². The number of carbonyl (C=O) groups is 1. The summed E-state index contributed by atoms with van der Waals surface area (Å²) in [6.45, 7) is 0.414. The third-order valence-electron chi connectivity index (χ3n) is 3.91. The molecule has 3 rings (SSSR count). The zero-order valence-electron chi connectivity index (χ0n) is 11.5. The lowest BCUT2D eigenvalue weighted by atomic mass is 9.88. The van der Waals surface area contributed by atoms with Crippen LogP contribution in [0.1, 0.15) is 17.0 Å². The summed E-state index contributed by atoms with van der Waals surface area (Å²) in [6.07, 6.45) is 0.00676. The number of carbonyl (C=O) groups excluding carboxylic acids is 1. The lowest BCUT2D eigenvalue weighted by molar-refractivity contribution is -0.126. The van der Waals surface area contributed by atoms with Crippen molar-refractivity contribution in [2.45, 2.75) is 12.1 Å². The fourth-order valence-electron chi connectivity index (χ4n) is 2.83. The average molecular weight is 266 g/mol. The van der Waals surface area contributed by atoms with Gasteiger partial charge >= 0.3 is 0 Å². The zero-order chi connectivity index (χ0) is 13.9. The van der Waals surface area contributed by atoms with Crippen LogP contribution in [0.3, 0.4) is 0 Å². The summed E-state index contributed by atoms with van der Waals surface area (Å²) in [5.74, 6) is 0.292. The smallest absolute Gasteiger partial charge is 0.237 e. The normalized spacial score (nSPS) is 18.8. The first-order chi connectivity index (χ1) is 9.77. The maximum absolute atomic E-state index is 11.8. The van der Waals surface area contributed by atoms with Crippen molar-refractivity contribution in [3.8, 4) is 0 Å². The van der Waals surface area contributed by atoms with Crippen LogP contribution in [0.25, 0.3) is 0 Å². The lowest BCUT2D eigenvalue weighted by Crippen LogP contribution is -2.40. The predicted octanol–water partition coefficient (Wildman–Crippen LogP) is 2.21. The van der Waals surface area contributed by atoms with Crippen molar-refractivity contribution in [1.82, 2.24) is 10.2 Å². The van der Waals surface area contributed by atoms with Crippen LogP contribution in [0.4, 0.5) is 0 Å². The van der Waals surface area contributed by atoms with Gasteiger partial charge in [-0.1, -0.05) is 60.7 Å². The van der Waals surface area contributed by atoms with E-state index < -0.39 is 0 Å². The second-order valence-electron chi connectivity index (χ2n) is 5.13. The third-order valence-corrected chi connectivity index (χ3v) is 3.91. The Kier molecular flexibility index (Phi) is 3.52. The third kappa shape index (κ3) is 2.32. The Morgan fingerprint density at radius 3 is 1.90 bits per heavy atom. The topological polar surface area (TPSA) is 32.3 Å². The van der Waals surface area contributed by atoms with Crippen LogP contribution in [-0.2, 0) is 4.79 Å². The van der Waals surface area contributed by atoms with Gasteiger partial charge in [-0.25, -0.2) is 0 Å². The van der Waals surface area contributed by atoms with Gasteiger partial charge in [0.25, 0.3) is 0 Å². The highest BCUT2D eigenvalue weighted by Crippen LogP contribution is 2.30. The Morgan fingerprint density at radius 2 is 1.50 bits per heavy atom. The molecule has 0 radical (unpaired) electrons. The number of hydrogen-bond acceptors (Lipinski definition) is 2. The van der Waals surface area contributed by atoms with Crippen molar-refractivity contribution in [3.05, 3.63) is 71.8 Å². The SMILES string of the molecule is CN1C(=O)CN[C@H]1C(c1ccccc1)c1ccccc1. The Bertz CT molecular complexity index is 543. The predicted molar refractivity (Wildman–Crippen MR) is 79.3 cm³/mol. The van der Waals surface area contributed by atoms with E-state index in [0.29, 0.717) is 6.54 Å². The lowest BCUT2D eigenvalue weighted by Gasteiger charge is -2.29. The number of rotatable bonds is 3. The molecule has 2 aromatic rings. The molecular formula is C17H18N2O. The maximum Gasteiger partial charge on any atom is 0.237 e. The van der Waals surface area contributed by atoms with Gasteiger partial charge in [0, 0.05) is 13.0 Å². The van der Waals surface area contributed by atoms with Crippen molar-refractivity contribution in [2.24, 2.45) is 0 Å². The minimum absolute atomic E-state index is 0.00676. The van der Waals surface area contributed by atoms with Gasteiger partial charge in [0.05, 0.1) is 12.7 Å². The average Bonchev–Trinajstić information content (AvgIpc) is 2.82. The molecule has 1 amide bonds.